The van der Waals surface area contributed by atoms with Gasteiger partial charge >= 0.3 is 0 Å². The first kappa shape index (κ1) is 18.4. The van der Waals surface area contributed by atoms with Crippen molar-refractivity contribution in [3.05, 3.63) is 0 Å². The maximum atomic E-state index is 12.2. The Balaban J connectivity index is 2.66. The van der Waals surface area contributed by atoms with Gasteiger partial charge in [-0.3, -0.25) is 4.79 Å². The van der Waals surface area contributed by atoms with Crippen LogP contribution in [0, 0.1) is 5.92 Å². The number of nitrogens with one attached hydrogen (secondary N) is 1. The van der Waals surface area contributed by atoms with Crippen molar-refractivity contribution in [3.8, 4) is 0 Å². The van der Waals surface area contributed by atoms with Gasteiger partial charge in [0.25, 0.3) is 0 Å². The van der Waals surface area contributed by atoms with E-state index in [0.29, 0.717) is 25.8 Å². The first-order chi connectivity index (χ1) is 9.72. The van der Waals surface area contributed by atoms with E-state index < -0.39 is 15.6 Å². The van der Waals surface area contributed by atoms with Crippen LogP contribution in [0.5, 0.6) is 0 Å². The Kier molecular flexibility index (Phi) is 6.62. The van der Waals surface area contributed by atoms with Crippen LogP contribution in [-0.2, 0) is 14.8 Å². The Bertz CT molecular complexity index is 448. The summed E-state index contributed by atoms with van der Waals surface area (Å²) in [4.78, 5) is 12.2. The molecule has 0 aliphatic carbocycles. The summed E-state index contributed by atoms with van der Waals surface area (Å²) < 4.78 is 25.9. The van der Waals surface area contributed by atoms with Gasteiger partial charge in [0, 0.05) is 13.1 Å². The zero-order chi connectivity index (χ0) is 16.1. The quantitative estimate of drug-likeness (QED) is 0.723. The lowest BCUT2D eigenvalue weighted by molar-refractivity contribution is -0.128. The van der Waals surface area contributed by atoms with Gasteiger partial charge in [-0.2, -0.15) is 0 Å². The average Bonchev–Trinajstić information content (AvgIpc) is 2.45. The van der Waals surface area contributed by atoms with Crippen LogP contribution in [-0.4, -0.2) is 54.7 Å². The SMILES string of the molecule is CCCCS(=O)(=O)N1CCC[C@H](C(=O)NC(C)(C)CO)C1. The number of nitrogens with zero attached hydrogens (tertiary/aromatic N) is 1. The maximum absolute atomic E-state index is 12.2. The smallest absolute Gasteiger partial charge is 0.224 e. The van der Waals surface area contributed by atoms with Crippen LogP contribution in [0.3, 0.4) is 0 Å². The Morgan fingerprint density at radius 1 is 1.43 bits per heavy atom. The van der Waals surface area contributed by atoms with Crippen molar-refractivity contribution >= 4 is 15.9 Å². The summed E-state index contributed by atoms with van der Waals surface area (Å²) in [5.41, 5.74) is -0.680. The molecule has 1 amide bonds. The van der Waals surface area contributed by atoms with Crippen LogP contribution < -0.4 is 5.32 Å². The minimum Gasteiger partial charge on any atom is -0.394 e. The maximum Gasteiger partial charge on any atom is 0.224 e. The summed E-state index contributed by atoms with van der Waals surface area (Å²) in [6.07, 6.45) is 2.87. The number of piperidine rings is 1. The first-order valence-electron chi connectivity index (χ1n) is 7.62. The fourth-order valence-electron chi connectivity index (χ4n) is 2.34. The van der Waals surface area contributed by atoms with Crippen LogP contribution in [0.2, 0.25) is 0 Å². The highest BCUT2D eigenvalue weighted by Crippen LogP contribution is 2.21. The third-order valence-electron chi connectivity index (χ3n) is 3.76. The van der Waals surface area contributed by atoms with E-state index in [0.717, 1.165) is 6.42 Å². The molecule has 1 heterocycles. The molecule has 2 N–H and O–H groups in total. The predicted octanol–water partition coefficient (Wildman–Crippen LogP) is 0.715. The number of rotatable bonds is 7. The molecule has 124 valence electrons. The number of aliphatic hydroxyl groups is 1. The lowest BCUT2D eigenvalue weighted by Gasteiger charge is -2.33. The van der Waals surface area contributed by atoms with Crippen LogP contribution >= 0.6 is 0 Å². The molecule has 0 spiro atoms. The van der Waals surface area contributed by atoms with Gasteiger partial charge in [0.1, 0.15) is 0 Å². The normalized spacial score (nSPS) is 21.2. The average molecular weight is 320 g/mol. The van der Waals surface area contributed by atoms with E-state index in [1.54, 1.807) is 13.8 Å². The number of amides is 1. The Labute approximate surface area is 128 Å². The molecule has 1 atom stereocenters. The molecule has 0 bridgehead atoms. The highest BCUT2D eigenvalue weighted by Gasteiger charge is 2.33. The summed E-state index contributed by atoms with van der Waals surface area (Å²) in [5, 5.41) is 12.0. The monoisotopic (exact) mass is 320 g/mol. The van der Waals surface area contributed by atoms with Crippen molar-refractivity contribution in [2.24, 2.45) is 5.92 Å². The Morgan fingerprint density at radius 2 is 2.10 bits per heavy atom. The first-order valence-corrected chi connectivity index (χ1v) is 9.23. The van der Waals surface area contributed by atoms with Crippen molar-refractivity contribution in [3.63, 3.8) is 0 Å². The van der Waals surface area contributed by atoms with Gasteiger partial charge in [-0.25, -0.2) is 12.7 Å². The van der Waals surface area contributed by atoms with Crippen LogP contribution in [0.15, 0.2) is 0 Å². The number of unbranched alkanes of at least 4 members (excludes halogenated alkanes) is 1. The van der Waals surface area contributed by atoms with Crippen molar-refractivity contribution in [1.82, 2.24) is 9.62 Å². The highest BCUT2D eigenvalue weighted by atomic mass is 32.2. The van der Waals surface area contributed by atoms with E-state index in [2.05, 4.69) is 5.32 Å². The van der Waals surface area contributed by atoms with Gasteiger partial charge in [0.15, 0.2) is 0 Å². The van der Waals surface area contributed by atoms with Crippen LogP contribution in [0.1, 0.15) is 46.5 Å². The molecule has 1 rings (SSSR count). The Hall–Kier alpha value is -0.660. The molecule has 7 heteroatoms. The molecule has 0 unspecified atom stereocenters. The van der Waals surface area contributed by atoms with E-state index in [1.165, 1.54) is 4.31 Å². The predicted molar refractivity (Wildman–Crippen MR) is 82.3 cm³/mol. The second-order valence-corrected chi connectivity index (χ2v) is 8.49. The van der Waals surface area contributed by atoms with Gasteiger partial charge in [-0.05, 0) is 33.1 Å². The molecule has 0 radical (unpaired) electrons. The summed E-state index contributed by atoms with van der Waals surface area (Å²) >= 11 is 0. The van der Waals surface area contributed by atoms with Gasteiger partial charge in [-0.15, -0.1) is 0 Å². The van der Waals surface area contributed by atoms with Crippen LogP contribution in [0.25, 0.3) is 0 Å². The largest absolute Gasteiger partial charge is 0.394 e. The van der Waals surface area contributed by atoms with E-state index in [-0.39, 0.29) is 30.7 Å². The van der Waals surface area contributed by atoms with Crippen molar-refractivity contribution < 1.29 is 18.3 Å². The number of sulfonamides is 1. The van der Waals surface area contributed by atoms with Gasteiger partial charge in [-0.1, -0.05) is 13.3 Å². The fraction of sp³-hybridized carbons (Fsp3) is 0.929. The Morgan fingerprint density at radius 3 is 2.67 bits per heavy atom. The van der Waals surface area contributed by atoms with E-state index in [4.69, 9.17) is 0 Å². The van der Waals surface area contributed by atoms with Gasteiger partial charge in [0.05, 0.1) is 23.8 Å². The molecule has 1 aliphatic heterocycles. The number of carbonyl (C=O) groups is 1. The molecule has 1 saturated heterocycles. The van der Waals surface area contributed by atoms with Crippen molar-refractivity contribution in [2.75, 3.05) is 25.4 Å². The standard InChI is InChI=1S/C14H28N2O4S/c1-4-5-9-21(19,20)16-8-6-7-12(10-16)13(18)15-14(2,3)11-17/h12,17H,4-11H2,1-3H3,(H,15,18)/t12-/m0/s1. The second kappa shape index (κ2) is 7.56. The second-order valence-electron chi connectivity index (χ2n) is 6.40. The summed E-state index contributed by atoms with van der Waals surface area (Å²) in [6, 6.07) is 0. The zero-order valence-electron chi connectivity index (χ0n) is 13.3. The summed E-state index contributed by atoms with van der Waals surface area (Å²) in [6.45, 7) is 6.04. The molecule has 6 nitrogen and oxygen atoms in total. The van der Waals surface area contributed by atoms with E-state index in [1.807, 2.05) is 6.92 Å². The molecule has 21 heavy (non-hydrogen) atoms. The zero-order valence-corrected chi connectivity index (χ0v) is 14.1. The molecular formula is C14H28N2O4S. The van der Waals surface area contributed by atoms with Gasteiger partial charge in [0.2, 0.25) is 15.9 Å². The van der Waals surface area contributed by atoms with Gasteiger partial charge < -0.3 is 10.4 Å². The third kappa shape index (κ3) is 5.56. The molecule has 0 aromatic heterocycles. The molecule has 0 aromatic rings. The van der Waals surface area contributed by atoms with Crippen LogP contribution in [0.4, 0.5) is 0 Å². The highest BCUT2D eigenvalue weighted by molar-refractivity contribution is 7.89. The number of carbonyl (C=O) groups excluding carboxylic acids is 1. The van der Waals surface area contributed by atoms with E-state index >= 15 is 0 Å². The summed E-state index contributed by atoms with van der Waals surface area (Å²) in [7, 11) is -3.26. The molecule has 1 fully saturated rings. The molecule has 0 aromatic carbocycles. The van der Waals surface area contributed by atoms with Crippen molar-refractivity contribution in [2.45, 2.75) is 52.0 Å². The molecular weight excluding hydrogens is 292 g/mol. The third-order valence-corrected chi connectivity index (χ3v) is 5.68. The molecule has 0 saturated carbocycles. The summed E-state index contributed by atoms with van der Waals surface area (Å²) in [5.74, 6) is -0.356. The minimum absolute atomic E-state index is 0.149. The van der Waals surface area contributed by atoms with E-state index in [9.17, 15) is 18.3 Å². The lowest BCUT2D eigenvalue weighted by Crippen LogP contribution is -2.52. The fourth-order valence-corrected chi connectivity index (χ4v) is 4.07. The number of hydrogen-bond donors (Lipinski definition) is 2. The van der Waals surface area contributed by atoms with Crippen molar-refractivity contribution in [1.29, 1.82) is 0 Å². The minimum atomic E-state index is -3.26. The molecule has 1 aliphatic rings. The number of aliphatic hydroxyl groups excluding tert-OH is 1. The number of hydrogen-bond acceptors (Lipinski definition) is 4. The topological polar surface area (TPSA) is 86.7 Å². The lowest BCUT2D eigenvalue weighted by atomic mass is 9.97.